The van der Waals surface area contributed by atoms with Crippen molar-refractivity contribution in [1.29, 1.82) is 0 Å². The molecule has 3 rings (SSSR count). The smallest absolute Gasteiger partial charge is 0.124 e. The summed E-state index contributed by atoms with van der Waals surface area (Å²) in [7, 11) is 0. The highest BCUT2D eigenvalue weighted by Crippen LogP contribution is 2.36. The Kier molecular flexibility index (Phi) is 4.22. The fraction of sp³-hybridized carbons (Fsp3) is 0.444. The molecule has 1 aliphatic rings. The van der Waals surface area contributed by atoms with E-state index in [9.17, 15) is 0 Å². The van der Waals surface area contributed by atoms with Crippen LogP contribution in [0, 0.1) is 0 Å². The molecular formula is C18H23NO. The molecule has 2 heteroatoms. The van der Waals surface area contributed by atoms with Crippen LogP contribution in [0.4, 0.5) is 0 Å². The standard InChI is InChI=1S/C18H23NO/c1-2-20-17-12-11-14-8-5-6-9-15(14)18(17)16-10-4-3-7-13-19-16/h5-6,8-9,11-12,16,19H,2-4,7,10,13H2,1H3. The SMILES string of the molecule is CCOc1ccc2ccccc2c1C1CCCCCN1. The van der Waals surface area contributed by atoms with Crippen LogP contribution in [-0.4, -0.2) is 13.2 Å². The second-order valence-electron chi connectivity index (χ2n) is 5.49. The second kappa shape index (κ2) is 6.27. The molecule has 0 saturated carbocycles. The molecule has 0 bridgehead atoms. The molecule has 20 heavy (non-hydrogen) atoms. The van der Waals surface area contributed by atoms with Crippen LogP contribution in [0.25, 0.3) is 10.8 Å². The number of fused-ring (bicyclic) bond motifs is 1. The zero-order valence-electron chi connectivity index (χ0n) is 12.2. The van der Waals surface area contributed by atoms with E-state index < -0.39 is 0 Å². The van der Waals surface area contributed by atoms with Crippen molar-refractivity contribution in [3.05, 3.63) is 42.0 Å². The van der Waals surface area contributed by atoms with Crippen LogP contribution in [0.1, 0.15) is 44.2 Å². The maximum Gasteiger partial charge on any atom is 0.124 e. The van der Waals surface area contributed by atoms with E-state index in [1.165, 1.54) is 42.0 Å². The van der Waals surface area contributed by atoms with Crippen molar-refractivity contribution in [2.45, 2.75) is 38.6 Å². The van der Waals surface area contributed by atoms with Gasteiger partial charge in [-0.25, -0.2) is 0 Å². The Morgan fingerprint density at radius 3 is 2.90 bits per heavy atom. The van der Waals surface area contributed by atoms with Crippen LogP contribution < -0.4 is 10.1 Å². The summed E-state index contributed by atoms with van der Waals surface area (Å²) in [6.07, 6.45) is 5.12. The molecule has 1 N–H and O–H groups in total. The van der Waals surface area contributed by atoms with E-state index in [-0.39, 0.29) is 0 Å². The first-order chi connectivity index (χ1) is 9.90. The number of hydrogen-bond donors (Lipinski definition) is 1. The lowest BCUT2D eigenvalue weighted by atomic mass is 9.95. The van der Waals surface area contributed by atoms with Gasteiger partial charge in [0.25, 0.3) is 0 Å². The van der Waals surface area contributed by atoms with Crippen LogP contribution in [0.3, 0.4) is 0 Å². The Bertz CT molecular complexity index is 571. The van der Waals surface area contributed by atoms with E-state index in [4.69, 9.17) is 4.74 Å². The molecule has 0 aromatic heterocycles. The lowest BCUT2D eigenvalue weighted by Gasteiger charge is -2.22. The number of ether oxygens (including phenoxy) is 1. The molecular weight excluding hydrogens is 246 g/mol. The molecule has 2 aromatic rings. The van der Waals surface area contributed by atoms with Crippen LogP contribution in [0.5, 0.6) is 5.75 Å². The predicted molar refractivity (Wildman–Crippen MR) is 84.3 cm³/mol. The van der Waals surface area contributed by atoms with E-state index in [0.29, 0.717) is 6.04 Å². The molecule has 2 aromatic carbocycles. The first-order valence-corrected chi connectivity index (χ1v) is 7.78. The van der Waals surface area contributed by atoms with E-state index in [1.54, 1.807) is 0 Å². The van der Waals surface area contributed by atoms with Crippen molar-refractivity contribution in [3.63, 3.8) is 0 Å². The van der Waals surface area contributed by atoms with Crippen molar-refractivity contribution in [3.8, 4) is 5.75 Å². The predicted octanol–water partition coefficient (Wildman–Crippen LogP) is 4.44. The highest BCUT2D eigenvalue weighted by atomic mass is 16.5. The highest BCUT2D eigenvalue weighted by Gasteiger charge is 2.20. The van der Waals surface area contributed by atoms with Gasteiger partial charge in [0, 0.05) is 11.6 Å². The minimum absolute atomic E-state index is 0.421. The topological polar surface area (TPSA) is 21.3 Å². The molecule has 1 fully saturated rings. The van der Waals surface area contributed by atoms with Gasteiger partial charge in [0.2, 0.25) is 0 Å². The van der Waals surface area contributed by atoms with E-state index >= 15 is 0 Å². The largest absolute Gasteiger partial charge is 0.494 e. The summed E-state index contributed by atoms with van der Waals surface area (Å²) in [5.74, 6) is 1.05. The molecule has 0 aliphatic carbocycles. The molecule has 0 radical (unpaired) electrons. The highest BCUT2D eigenvalue weighted by molar-refractivity contribution is 5.88. The Hall–Kier alpha value is -1.54. The first-order valence-electron chi connectivity index (χ1n) is 7.78. The minimum atomic E-state index is 0.421. The average molecular weight is 269 g/mol. The Labute approximate surface area is 121 Å². The van der Waals surface area contributed by atoms with Crippen LogP contribution in [0.15, 0.2) is 36.4 Å². The van der Waals surface area contributed by atoms with Crippen LogP contribution in [0.2, 0.25) is 0 Å². The van der Waals surface area contributed by atoms with Crippen LogP contribution >= 0.6 is 0 Å². The zero-order chi connectivity index (χ0) is 13.8. The molecule has 2 nitrogen and oxygen atoms in total. The molecule has 1 unspecified atom stereocenters. The van der Waals surface area contributed by atoms with Gasteiger partial charge in [-0.2, -0.15) is 0 Å². The molecule has 1 aliphatic heterocycles. The van der Waals surface area contributed by atoms with Crippen molar-refractivity contribution in [2.75, 3.05) is 13.2 Å². The monoisotopic (exact) mass is 269 g/mol. The second-order valence-corrected chi connectivity index (χ2v) is 5.49. The average Bonchev–Trinajstić information content (AvgIpc) is 2.76. The van der Waals surface area contributed by atoms with E-state index in [1.807, 2.05) is 0 Å². The summed E-state index contributed by atoms with van der Waals surface area (Å²) in [5.41, 5.74) is 1.35. The normalized spacial score (nSPS) is 19.8. The summed E-state index contributed by atoms with van der Waals surface area (Å²) in [6.45, 7) is 3.89. The third kappa shape index (κ3) is 2.66. The van der Waals surface area contributed by atoms with Gasteiger partial charge >= 0.3 is 0 Å². The Morgan fingerprint density at radius 1 is 1.10 bits per heavy atom. The van der Waals surface area contributed by atoms with Gasteiger partial charge in [-0.1, -0.05) is 43.2 Å². The van der Waals surface area contributed by atoms with Crippen molar-refractivity contribution in [1.82, 2.24) is 5.32 Å². The molecule has 0 amide bonds. The third-order valence-electron chi connectivity index (χ3n) is 4.14. The van der Waals surface area contributed by atoms with Crippen molar-refractivity contribution >= 4 is 10.8 Å². The Balaban J connectivity index is 2.10. The van der Waals surface area contributed by atoms with Gasteiger partial charge in [-0.3, -0.25) is 0 Å². The molecule has 106 valence electrons. The quantitative estimate of drug-likeness (QED) is 0.889. The number of benzene rings is 2. The van der Waals surface area contributed by atoms with E-state index in [2.05, 4.69) is 48.6 Å². The van der Waals surface area contributed by atoms with Gasteiger partial charge in [0.05, 0.1) is 6.61 Å². The summed E-state index contributed by atoms with van der Waals surface area (Å²) >= 11 is 0. The molecule has 1 heterocycles. The number of nitrogens with one attached hydrogen (secondary N) is 1. The fourth-order valence-electron chi connectivity index (χ4n) is 3.19. The molecule has 1 saturated heterocycles. The molecule has 0 spiro atoms. The molecule has 1 atom stereocenters. The zero-order valence-corrected chi connectivity index (χ0v) is 12.2. The van der Waals surface area contributed by atoms with Gasteiger partial charge < -0.3 is 10.1 Å². The first kappa shape index (κ1) is 13.4. The summed E-state index contributed by atoms with van der Waals surface area (Å²) in [4.78, 5) is 0. The minimum Gasteiger partial charge on any atom is -0.494 e. The van der Waals surface area contributed by atoms with Crippen LogP contribution in [-0.2, 0) is 0 Å². The fourth-order valence-corrected chi connectivity index (χ4v) is 3.19. The van der Waals surface area contributed by atoms with Gasteiger partial charge in [-0.15, -0.1) is 0 Å². The number of hydrogen-bond acceptors (Lipinski definition) is 2. The van der Waals surface area contributed by atoms with Gasteiger partial charge in [0.1, 0.15) is 5.75 Å². The van der Waals surface area contributed by atoms with Gasteiger partial charge in [0.15, 0.2) is 0 Å². The third-order valence-corrected chi connectivity index (χ3v) is 4.14. The summed E-state index contributed by atoms with van der Waals surface area (Å²) in [6, 6.07) is 13.4. The van der Waals surface area contributed by atoms with Crippen molar-refractivity contribution < 1.29 is 4.74 Å². The summed E-state index contributed by atoms with van der Waals surface area (Å²) in [5, 5.41) is 6.34. The van der Waals surface area contributed by atoms with Gasteiger partial charge in [-0.05, 0) is 43.1 Å². The number of rotatable bonds is 3. The maximum atomic E-state index is 5.90. The lowest BCUT2D eigenvalue weighted by molar-refractivity contribution is 0.331. The van der Waals surface area contributed by atoms with E-state index in [0.717, 1.165) is 18.9 Å². The summed E-state index contributed by atoms with van der Waals surface area (Å²) < 4.78 is 5.90. The maximum absolute atomic E-state index is 5.90. The Morgan fingerprint density at radius 2 is 2.00 bits per heavy atom. The van der Waals surface area contributed by atoms with Crippen molar-refractivity contribution in [2.24, 2.45) is 0 Å². The lowest BCUT2D eigenvalue weighted by Crippen LogP contribution is -2.21.